The average Bonchev–Trinajstić information content (AvgIpc) is 2.90. The first-order chi connectivity index (χ1) is 9.91. The number of amides is 1. The quantitative estimate of drug-likeness (QED) is 0.913. The van der Waals surface area contributed by atoms with Crippen LogP contribution in [-0.4, -0.2) is 36.9 Å². The zero-order valence-corrected chi connectivity index (χ0v) is 12.4. The van der Waals surface area contributed by atoms with Crippen molar-refractivity contribution in [3.63, 3.8) is 0 Å². The number of aromatic nitrogens is 1. The van der Waals surface area contributed by atoms with Gasteiger partial charge in [-0.1, -0.05) is 6.07 Å². The second kappa shape index (κ2) is 5.14. The molecule has 0 bridgehead atoms. The molecule has 6 nitrogen and oxygen atoms in total. The number of hydrogen-bond acceptors (Lipinski definition) is 5. The fraction of sp³-hybridized carbons (Fsp3) is 0.429. The van der Waals surface area contributed by atoms with Crippen molar-refractivity contribution in [3.8, 4) is 0 Å². The summed E-state index contributed by atoms with van der Waals surface area (Å²) in [6, 6.07) is 5.16. The second-order valence-electron chi connectivity index (χ2n) is 5.38. The van der Waals surface area contributed by atoms with E-state index in [2.05, 4.69) is 10.3 Å². The van der Waals surface area contributed by atoms with E-state index in [1.807, 2.05) is 12.1 Å². The maximum Gasteiger partial charge on any atom is 0.224 e. The summed E-state index contributed by atoms with van der Waals surface area (Å²) in [4.78, 5) is 16.2. The molecule has 1 unspecified atom stereocenters. The molecule has 1 N–H and O–H groups in total. The number of nitrogens with one attached hydrogen (secondary N) is 1. The predicted molar refractivity (Wildman–Crippen MR) is 77.7 cm³/mol. The van der Waals surface area contributed by atoms with Gasteiger partial charge >= 0.3 is 0 Å². The molecule has 1 atom stereocenters. The van der Waals surface area contributed by atoms with Crippen LogP contribution in [-0.2, 0) is 21.1 Å². The van der Waals surface area contributed by atoms with Crippen LogP contribution in [0, 0.1) is 6.92 Å². The van der Waals surface area contributed by atoms with Crippen LogP contribution in [0.5, 0.6) is 0 Å². The third kappa shape index (κ3) is 3.24. The van der Waals surface area contributed by atoms with Crippen molar-refractivity contribution >= 4 is 26.8 Å². The lowest BCUT2D eigenvalue weighted by Gasteiger charge is -2.10. The number of sulfone groups is 1. The maximum atomic E-state index is 12.0. The fourth-order valence-electron chi connectivity index (χ4n) is 2.57. The number of rotatable bonds is 3. The minimum atomic E-state index is -2.98. The highest BCUT2D eigenvalue weighted by Crippen LogP contribution is 2.17. The van der Waals surface area contributed by atoms with Gasteiger partial charge in [0.25, 0.3) is 0 Å². The number of benzene rings is 1. The Hall–Kier alpha value is -1.89. The van der Waals surface area contributed by atoms with E-state index in [1.165, 1.54) is 0 Å². The second-order valence-corrected chi connectivity index (χ2v) is 7.61. The van der Waals surface area contributed by atoms with Crippen molar-refractivity contribution in [2.45, 2.75) is 25.8 Å². The van der Waals surface area contributed by atoms with Crippen LogP contribution < -0.4 is 5.32 Å². The van der Waals surface area contributed by atoms with Crippen LogP contribution in [0.3, 0.4) is 0 Å². The van der Waals surface area contributed by atoms with Crippen molar-refractivity contribution in [1.29, 1.82) is 0 Å². The number of nitrogens with zero attached hydrogens (tertiary/aromatic N) is 1. The number of aryl methyl sites for hydroxylation is 1. The van der Waals surface area contributed by atoms with E-state index in [9.17, 15) is 13.2 Å². The predicted octanol–water partition coefficient (Wildman–Crippen LogP) is 0.982. The third-order valence-corrected chi connectivity index (χ3v) is 5.29. The molecule has 7 heteroatoms. The van der Waals surface area contributed by atoms with E-state index >= 15 is 0 Å². The highest BCUT2D eigenvalue weighted by molar-refractivity contribution is 7.91. The average molecular weight is 308 g/mol. The van der Waals surface area contributed by atoms with E-state index < -0.39 is 9.84 Å². The molecule has 0 spiro atoms. The Bertz CT molecular complexity index is 794. The molecule has 0 radical (unpaired) electrons. The van der Waals surface area contributed by atoms with Gasteiger partial charge in [0.1, 0.15) is 5.52 Å². The molecule has 1 amide bonds. The van der Waals surface area contributed by atoms with Gasteiger partial charge in [-0.15, -0.1) is 0 Å². The molecule has 1 aliphatic rings. The Kier molecular flexibility index (Phi) is 3.44. The van der Waals surface area contributed by atoms with Gasteiger partial charge in [-0.3, -0.25) is 4.79 Å². The Balaban J connectivity index is 1.66. The van der Waals surface area contributed by atoms with E-state index in [0.29, 0.717) is 17.9 Å². The van der Waals surface area contributed by atoms with Crippen LogP contribution in [0.15, 0.2) is 22.6 Å². The number of oxazole rings is 1. The summed E-state index contributed by atoms with van der Waals surface area (Å²) in [7, 11) is -2.98. The zero-order chi connectivity index (χ0) is 15.0. The number of carbonyl (C=O) groups excluding carboxylic acids is 1. The molecule has 0 aliphatic carbocycles. The minimum absolute atomic E-state index is 0.0419. The zero-order valence-electron chi connectivity index (χ0n) is 11.6. The molecule has 21 heavy (non-hydrogen) atoms. The molecule has 1 saturated heterocycles. The van der Waals surface area contributed by atoms with Gasteiger partial charge in [0.2, 0.25) is 5.91 Å². The number of carbonyl (C=O) groups is 1. The van der Waals surface area contributed by atoms with Crippen molar-refractivity contribution in [3.05, 3.63) is 29.7 Å². The Morgan fingerprint density at radius 2 is 2.29 bits per heavy atom. The molecule has 3 rings (SSSR count). The van der Waals surface area contributed by atoms with Crippen LogP contribution in [0.4, 0.5) is 0 Å². The minimum Gasteiger partial charge on any atom is -0.441 e. The Morgan fingerprint density at radius 3 is 3.00 bits per heavy atom. The Labute approximate surface area is 122 Å². The van der Waals surface area contributed by atoms with E-state index in [0.717, 1.165) is 11.1 Å². The third-order valence-electron chi connectivity index (χ3n) is 3.52. The van der Waals surface area contributed by atoms with Crippen molar-refractivity contribution < 1.29 is 17.6 Å². The molecular formula is C14H16N2O4S. The summed E-state index contributed by atoms with van der Waals surface area (Å²) in [6.07, 6.45) is 0.702. The smallest absolute Gasteiger partial charge is 0.224 e. The normalized spacial score (nSPS) is 20.7. The monoisotopic (exact) mass is 308 g/mol. The molecule has 2 aromatic rings. The Morgan fingerprint density at radius 1 is 1.48 bits per heavy atom. The molecule has 1 aliphatic heterocycles. The summed E-state index contributed by atoms with van der Waals surface area (Å²) in [5, 5.41) is 2.77. The summed E-state index contributed by atoms with van der Waals surface area (Å²) in [5.41, 5.74) is 2.24. The molecule has 1 aromatic heterocycles. The van der Waals surface area contributed by atoms with Gasteiger partial charge in [-0.25, -0.2) is 13.4 Å². The molecule has 2 heterocycles. The molecule has 112 valence electrons. The highest BCUT2D eigenvalue weighted by Gasteiger charge is 2.28. The summed E-state index contributed by atoms with van der Waals surface area (Å²) < 4.78 is 28.1. The first kappa shape index (κ1) is 14.1. The van der Waals surface area contributed by atoms with Gasteiger partial charge in [0.05, 0.1) is 17.9 Å². The van der Waals surface area contributed by atoms with Crippen LogP contribution in [0.2, 0.25) is 0 Å². The topological polar surface area (TPSA) is 89.3 Å². The summed E-state index contributed by atoms with van der Waals surface area (Å²) >= 11 is 0. The van der Waals surface area contributed by atoms with Crippen molar-refractivity contribution in [2.75, 3.05) is 11.5 Å². The van der Waals surface area contributed by atoms with Gasteiger partial charge in [0.15, 0.2) is 21.3 Å². The molecule has 1 aromatic carbocycles. The van der Waals surface area contributed by atoms with Crippen LogP contribution in [0.1, 0.15) is 17.9 Å². The van der Waals surface area contributed by atoms with Crippen molar-refractivity contribution in [2.24, 2.45) is 0 Å². The summed E-state index contributed by atoms with van der Waals surface area (Å²) in [5.74, 6) is 0.613. The largest absolute Gasteiger partial charge is 0.441 e. The van der Waals surface area contributed by atoms with E-state index in [1.54, 1.807) is 13.0 Å². The number of hydrogen-bond donors (Lipinski definition) is 1. The number of fused-ring (bicyclic) bond motifs is 1. The first-order valence-corrected chi connectivity index (χ1v) is 8.59. The molecular weight excluding hydrogens is 292 g/mol. The lowest BCUT2D eigenvalue weighted by molar-refractivity contribution is -0.120. The van der Waals surface area contributed by atoms with Gasteiger partial charge < -0.3 is 9.73 Å². The van der Waals surface area contributed by atoms with E-state index in [4.69, 9.17) is 4.42 Å². The summed E-state index contributed by atoms with van der Waals surface area (Å²) in [6.45, 7) is 1.77. The van der Waals surface area contributed by atoms with Gasteiger partial charge in [-0.2, -0.15) is 0 Å². The SMILES string of the molecule is Cc1nc2cc(CC(=O)NC3CCS(=O)(=O)C3)ccc2o1. The van der Waals surface area contributed by atoms with Gasteiger partial charge in [-0.05, 0) is 24.1 Å². The lowest BCUT2D eigenvalue weighted by Crippen LogP contribution is -2.36. The van der Waals surface area contributed by atoms with Gasteiger partial charge in [0, 0.05) is 13.0 Å². The fourth-order valence-corrected chi connectivity index (χ4v) is 4.24. The lowest BCUT2D eigenvalue weighted by atomic mass is 10.1. The van der Waals surface area contributed by atoms with Crippen molar-refractivity contribution in [1.82, 2.24) is 10.3 Å². The molecule has 1 fully saturated rings. The maximum absolute atomic E-state index is 12.0. The van der Waals surface area contributed by atoms with Crippen LogP contribution >= 0.6 is 0 Å². The standard InChI is InChI=1S/C14H16N2O4S/c1-9-15-12-6-10(2-3-13(12)20-9)7-14(17)16-11-4-5-21(18,19)8-11/h2-3,6,11H,4-5,7-8H2,1H3,(H,16,17). The van der Waals surface area contributed by atoms with E-state index in [-0.39, 0.29) is 29.9 Å². The van der Waals surface area contributed by atoms with Crippen LogP contribution in [0.25, 0.3) is 11.1 Å². The molecule has 0 saturated carbocycles. The first-order valence-electron chi connectivity index (χ1n) is 6.77. The highest BCUT2D eigenvalue weighted by atomic mass is 32.2.